The van der Waals surface area contributed by atoms with Crippen molar-refractivity contribution >= 4 is 27.1 Å². The monoisotopic (exact) mass is 218 g/mol. The molecule has 0 N–H and O–H groups in total. The van der Waals surface area contributed by atoms with Crippen LogP contribution in [-0.2, 0) is 11.2 Å². The van der Waals surface area contributed by atoms with Crippen LogP contribution in [0.15, 0.2) is 35.2 Å². The largest absolute Gasteiger partial charge is 0.611 e. The molecular formula is C7H7BrOS. The first-order valence-electron chi connectivity index (χ1n) is 2.84. The molecule has 0 aliphatic carbocycles. The lowest BCUT2D eigenvalue weighted by Crippen LogP contribution is -2.00. The minimum atomic E-state index is -0.874. The Kier molecular flexibility index (Phi) is 3.25. The summed E-state index contributed by atoms with van der Waals surface area (Å²) in [5.41, 5.74) is 0. The Morgan fingerprint density at radius 2 is 1.90 bits per heavy atom. The van der Waals surface area contributed by atoms with Crippen LogP contribution in [0, 0.1) is 0 Å². The summed E-state index contributed by atoms with van der Waals surface area (Å²) in [5, 5.41) is 0. The third kappa shape index (κ3) is 2.01. The summed E-state index contributed by atoms with van der Waals surface area (Å²) in [6.07, 6.45) is 0. The van der Waals surface area contributed by atoms with Crippen LogP contribution in [0.3, 0.4) is 0 Å². The molecule has 1 rings (SSSR count). The SMILES string of the molecule is [O-][S@@+](CBr)c1ccccc1. The summed E-state index contributed by atoms with van der Waals surface area (Å²) < 4.78 is 11.6. The van der Waals surface area contributed by atoms with Gasteiger partial charge in [-0.25, -0.2) is 0 Å². The Morgan fingerprint density at radius 1 is 1.30 bits per heavy atom. The number of hydrogen-bond acceptors (Lipinski definition) is 1. The second-order valence-corrected chi connectivity index (χ2v) is 4.52. The lowest BCUT2D eigenvalue weighted by Gasteiger charge is -2.04. The molecule has 0 unspecified atom stereocenters. The van der Waals surface area contributed by atoms with Crippen molar-refractivity contribution in [2.45, 2.75) is 4.90 Å². The Bertz CT molecular complexity index is 190. The van der Waals surface area contributed by atoms with Crippen molar-refractivity contribution in [3.63, 3.8) is 0 Å². The molecule has 0 fully saturated rings. The summed E-state index contributed by atoms with van der Waals surface area (Å²) in [7, 11) is 0. The van der Waals surface area contributed by atoms with E-state index in [9.17, 15) is 4.55 Å². The van der Waals surface area contributed by atoms with E-state index in [0.717, 1.165) is 4.90 Å². The molecule has 1 nitrogen and oxygen atoms in total. The molecule has 10 heavy (non-hydrogen) atoms. The van der Waals surface area contributed by atoms with Crippen LogP contribution in [0.25, 0.3) is 0 Å². The van der Waals surface area contributed by atoms with Gasteiger partial charge in [0.2, 0.25) is 0 Å². The smallest absolute Gasteiger partial charge is 0.165 e. The molecule has 0 heterocycles. The van der Waals surface area contributed by atoms with Gasteiger partial charge in [0.15, 0.2) is 9.56 Å². The van der Waals surface area contributed by atoms with E-state index in [1.807, 2.05) is 30.3 Å². The molecule has 0 aliphatic rings. The fraction of sp³-hybridized carbons (Fsp3) is 0.143. The van der Waals surface area contributed by atoms with Gasteiger partial charge in [-0.05, 0) is 39.2 Å². The van der Waals surface area contributed by atoms with Crippen LogP contribution in [0.1, 0.15) is 0 Å². The average molecular weight is 219 g/mol. The molecule has 0 spiro atoms. The first-order valence-corrected chi connectivity index (χ1v) is 5.28. The molecule has 1 aromatic carbocycles. The van der Waals surface area contributed by atoms with Gasteiger partial charge >= 0.3 is 0 Å². The molecule has 0 aromatic heterocycles. The molecule has 3 heteroatoms. The van der Waals surface area contributed by atoms with Crippen molar-refractivity contribution in [3.05, 3.63) is 30.3 Å². The van der Waals surface area contributed by atoms with Crippen molar-refractivity contribution in [2.75, 3.05) is 4.66 Å². The number of benzene rings is 1. The quantitative estimate of drug-likeness (QED) is 0.552. The van der Waals surface area contributed by atoms with Gasteiger partial charge < -0.3 is 4.55 Å². The summed E-state index contributed by atoms with van der Waals surface area (Å²) >= 11 is 2.28. The first kappa shape index (κ1) is 8.11. The highest BCUT2D eigenvalue weighted by atomic mass is 79.9. The minimum absolute atomic E-state index is 0.511. The minimum Gasteiger partial charge on any atom is -0.611 e. The van der Waals surface area contributed by atoms with Crippen molar-refractivity contribution < 1.29 is 4.55 Å². The van der Waals surface area contributed by atoms with Gasteiger partial charge in [0, 0.05) is 0 Å². The van der Waals surface area contributed by atoms with E-state index in [1.54, 1.807) is 0 Å². The fourth-order valence-electron chi connectivity index (χ4n) is 0.635. The lowest BCUT2D eigenvalue weighted by molar-refractivity contribution is 0.600. The zero-order valence-corrected chi connectivity index (χ0v) is 7.69. The Labute approximate surface area is 71.8 Å². The Hall–Kier alpha value is 0.0100. The van der Waals surface area contributed by atoms with E-state index in [1.165, 1.54) is 0 Å². The normalized spacial score (nSPS) is 13.0. The van der Waals surface area contributed by atoms with Crippen LogP contribution >= 0.6 is 15.9 Å². The van der Waals surface area contributed by atoms with Crippen LogP contribution in [0.4, 0.5) is 0 Å². The Morgan fingerprint density at radius 3 is 2.40 bits per heavy atom. The number of alkyl halides is 1. The van der Waals surface area contributed by atoms with E-state index in [0.29, 0.717) is 4.66 Å². The molecule has 1 atom stereocenters. The second-order valence-electron chi connectivity index (χ2n) is 1.77. The molecule has 0 amide bonds. The zero-order valence-electron chi connectivity index (χ0n) is 5.29. The molecular weight excluding hydrogens is 212 g/mol. The molecule has 0 radical (unpaired) electrons. The van der Waals surface area contributed by atoms with Gasteiger partial charge in [0.05, 0.1) is 0 Å². The highest BCUT2D eigenvalue weighted by Gasteiger charge is 2.05. The van der Waals surface area contributed by atoms with Gasteiger partial charge in [-0.1, -0.05) is 18.2 Å². The molecule has 0 saturated heterocycles. The van der Waals surface area contributed by atoms with E-state index < -0.39 is 11.2 Å². The molecule has 1 aromatic rings. The maximum atomic E-state index is 11.1. The predicted molar refractivity (Wildman–Crippen MR) is 46.6 cm³/mol. The van der Waals surface area contributed by atoms with Crippen molar-refractivity contribution in [1.29, 1.82) is 0 Å². The molecule has 54 valence electrons. The third-order valence-corrected chi connectivity index (χ3v) is 3.35. The standard InChI is InChI=1S/C7H7BrOS/c8-6-10(9)7-4-2-1-3-5-7/h1-5H,6H2/t10-/m0/s1. The summed E-state index contributed by atoms with van der Waals surface area (Å²) in [6, 6.07) is 9.40. The van der Waals surface area contributed by atoms with Crippen LogP contribution in [-0.4, -0.2) is 9.21 Å². The van der Waals surface area contributed by atoms with Gasteiger partial charge in [0.1, 0.15) is 0 Å². The van der Waals surface area contributed by atoms with Gasteiger partial charge in [-0.2, -0.15) is 0 Å². The highest BCUT2D eigenvalue weighted by Crippen LogP contribution is 2.11. The van der Waals surface area contributed by atoms with Crippen LogP contribution in [0.5, 0.6) is 0 Å². The van der Waals surface area contributed by atoms with Crippen molar-refractivity contribution in [2.24, 2.45) is 0 Å². The first-order chi connectivity index (χ1) is 4.84. The Balaban J connectivity index is 2.75. The van der Waals surface area contributed by atoms with E-state index in [4.69, 9.17) is 0 Å². The average Bonchev–Trinajstić information content (AvgIpc) is 2.05. The summed E-state index contributed by atoms with van der Waals surface area (Å²) in [4.78, 5) is 0.874. The predicted octanol–water partition coefficient (Wildman–Crippen LogP) is 2.15. The highest BCUT2D eigenvalue weighted by molar-refractivity contribution is 9.10. The maximum absolute atomic E-state index is 11.1. The van der Waals surface area contributed by atoms with Gasteiger partial charge in [-0.3, -0.25) is 0 Å². The summed E-state index contributed by atoms with van der Waals surface area (Å²) in [6.45, 7) is 0. The maximum Gasteiger partial charge on any atom is 0.165 e. The van der Waals surface area contributed by atoms with E-state index >= 15 is 0 Å². The van der Waals surface area contributed by atoms with Crippen LogP contribution < -0.4 is 0 Å². The second kappa shape index (κ2) is 4.01. The third-order valence-electron chi connectivity index (χ3n) is 1.11. The van der Waals surface area contributed by atoms with E-state index in [2.05, 4.69) is 15.9 Å². The van der Waals surface area contributed by atoms with Crippen molar-refractivity contribution in [1.82, 2.24) is 0 Å². The molecule has 0 aliphatic heterocycles. The van der Waals surface area contributed by atoms with Crippen LogP contribution in [0.2, 0.25) is 0 Å². The number of halogens is 1. The van der Waals surface area contributed by atoms with Crippen molar-refractivity contribution in [3.8, 4) is 0 Å². The molecule has 0 bridgehead atoms. The van der Waals surface area contributed by atoms with Gasteiger partial charge in [0.25, 0.3) is 0 Å². The number of rotatable bonds is 2. The topological polar surface area (TPSA) is 23.1 Å². The fourth-order valence-corrected chi connectivity index (χ4v) is 2.01. The lowest BCUT2D eigenvalue weighted by atomic mass is 10.4. The van der Waals surface area contributed by atoms with E-state index in [-0.39, 0.29) is 0 Å². The zero-order chi connectivity index (χ0) is 7.40. The summed E-state index contributed by atoms with van der Waals surface area (Å²) in [5.74, 6) is 0. The number of hydrogen-bond donors (Lipinski definition) is 0. The van der Waals surface area contributed by atoms with Gasteiger partial charge in [-0.15, -0.1) is 0 Å². The molecule has 0 saturated carbocycles.